The minimum Gasteiger partial charge on any atom is -0.341 e. The van der Waals surface area contributed by atoms with Crippen molar-refractivity contribution in [1.82, 2.24) is 19.9 Å². The normalized spacial score (nSPS) is 11.5. The zero-order chi connectivity index (χ0) is 15.1. The number of nitrogens with one attached hydrogen (secondary N) is 2. The predicted molar refractivity (Wildman–Crippen MR) is 84.7 cm³/mol. The minimum atomic E-state index is -0.514. The zero-order valence-electron chi connectivity index (χ0n) is 12.0. The first-order valence-electron chi connectivity index (χ1n) is 7.12. The fourth-order valence-electron chi connectivity index (χ4n) is 2.73. The Morgan fingerprint density at radius 1 is 0.864 bits per heavy atom. The van der Waals surface area contributed by atoms with Gasteiger partial charge >= 0.3 is 0 Å². The third-order valence-corrected chi connectivity index (χ3v) is 3.77. The molecule has 0 aliphatic heterocycles. The molecule has 0 unspecified atom stereocenters. The summed E-state index contributed by atoms with van der Waals surface area (Å²) < 4.78 is 0. The van der Waals surface area contributed by atoms with Crippen LogP contribution in [0.3, 0.4) is 0 Å². The van der Waals surface area contributed by atoms with E-state index in [-0.39, 0.29) is 5.78 Å². The molecule has 0 saturated heterocycles. The Kier molecular flexibility index (Phi) is 2.79. The number of nitrogens with zero attached hydrogens (tertiary/aromatic N) is 2. The summed E-state index contributed by atoms with van der Waals surface area (Å²) in [7, 11) is 0. The van der Waals surface area contributed by atoms with Crippen molar-refractivity contribution < 1.29 is 4.79 Å². The molecule has 108 valence electrons. The lowest BCUT2D eigenvalue weighted by Gasteiger charge is -2.07. The number of aromatic nitrogens is 4. The van der Waals surface area contributed by atoms with E-state index in [0.29, 0.717) is 11.6 Å². The van der Waals surface area contributed by atoms with Crippen LogP contribution < -0.4 is 0 Å². The SMILES string of the molecule is CC(=O)C(c1nc2ccccc2[nH]1)c1nc2ccccc2[nH]1. The molecule has 0 amide bonds. The number of para-hydroxylation sites is 4. The molecule has 5 heteroatoms. The van der Waals surface area contributed by atoms with Crippen molar-refractivity contribution in [3.63, 3.8) is 0 Å². The van der Waals surface area contributed by atoms with Crippen LogP contribution in [0.15, 0.2) is 48.5 Å². The third-order valence-electron chi connectivity index (χ3n) is 3.77. The highest BCUT2D eigenvalue weighted by Gasteiger charge is 2.26. The summed E-state index contributed by atoms with van der Waals surface area (Å²) in [6, 6.07) is 15.5. The van der Waals surface area contributed by atoms with Crippen LogP contribution in [0.4, 0.5) is 0 Å². The molecule has 4 rings (SSSR count). The fraction of sp³-hybridized carbons (Fsp3) is 0.118. The standard InChI is InChI=1S/C17H14N4O/c1-10(22)15(16-18-11-6-2-3-7-12(11)19-16)17-20-13-8-4-5-9-14(13)21-17/h2-9,15H,1H3,(H,18,19)(H,20,21). The lowest BCUT2D eigenvalue weighted by Crippen LogP contribution is -2.13. The summed E-state index contributed by atoms with van der Waals surface area (Å²) in [5, 5.41) is 0. The van der Waals surface area contributed by atoms with Crippen LogP contribution in [0.25, 0.3) is 22.1 Å². The number of hydrogen-bond acceptors (Lipinski definition) is 3. The number of imidazole rings is 2. The van der Waals surface area contributed by atoms with Gasteiger partial charge in [0.1, 0.15) is 23.3 Å². The van der Waals surface area contributed by atoms with E-state index in [0.717, 1.165) is 22.1 Å². The topological polar surface area (TPSA) is 74.4 Å². The molecule has 0 aliphatic rings. The molecule has 0 spiro atoms. The summed E-state index contributed by atoms with van der Waals surface area (Å²) >= 11 is 0. The van der Waals surface area contributed by atoms with Gasteiger partial charge in [0.15, 0.2) is 0 Å². The van der Waals surface area contributed by atoms with Gasteiger partial charge in [0.05, 0.1) is 22.1 Å². The molecular formula is C17H14N4O. The van der Waals surface area contributed by atoms with Gasteiger partial charge in [0.2, 0.25) is 0 Å². The van der Waals surface area contributed by atoms with Crippen molar-refractivity contribution in [2.75, 3.05) is 0 Å². The van der Waals surface area contributed by atoms with Crippen molar-refractivity contribution in [2.45, 2.75) is 12.8 Å². The molecule has 0 atom stereocenters. The van der Waals surface area contributed by atoms with Gasteiger partial charge in [-0.2, -0.15) is 0 Å². The minimum absolute atomic E-state index is 0.00175. The first-order chi connectivity index (χ1) is 10.7. The summed E-state index contributed by atoms with van der Waals surface area (Å²) in [5.41, 5.74) is 3.53. The molecule has 0 aliphatic carbocycles. The monoisotopic (exact) mass is 290 g/mol. The van der Waals surface area contributed by atoms with Crippen molar-refractivity contribution in [2.24, 2.45) is 0 Å². The van der Waals surface area contributed by atoms with Gasteiger partial charge in [-0.15, -0.1) is 0 Å². The average Bonchev–Trinajstić information content (AvgIpc) is 3.09. The predicted octanol–water partition coefficient (Wildman–Crippen LogP) is 3.16. The second kappa shape index (κ2) is 4.80. The van der Waals surface area contributed by atoms with Gasteiger partial charge in [-0.05, 0) is 31.2 Å². The third kappa shape index (κ3) is 1.98. The number of hydrogen-bond donors (Lipinski definition) is 2. The highest BCUT2D eigenvalue weighted by molar-refractivity contribution is 5.88. The lowest BCUT2D eigenvalue weighted by atomic mass is 10.0. The van der Waals surface area contributed by atoms with E-state index in [1.54, 1.807) is 6.92 Å². The molecule has 5 nitrogen and oxygen atoms in total. The van der Waals surface area contributed by atoms with E-state index in [1.165, 1.54) is 0 Å². The van der Waals surface area contributed by atoms with E-state index in [4.69, 9.17) is 0 Å². The second-order valence-corrected chi connectivity index (χ2v) is 5.32. The summed E-state index contributed by atoms with van der Waals surface area (Å²) in [5.74, 6) is 0.721. The Hall–Kier alpha value is -2.95. The van der Waals surface area contributed by atoms with Crippen LogP contribution in [-0.4, -0.2) is 25.7 Å². The number of aromatic amines is 2. The van der Waals surface area contributed by atoms with Crippen molar-refractivity contribution in [3.8, 4) is 0 Å². The Balaban J connectivity index is 1.88. The van der Waals surface area contributed by atoms with Gasteiger partial charge in [0.25, 0.3) is 0 Å². The number of rotatable bonds is 3. The maximum Gasteiger partial charge on any atom is 0.148 e. The number of fused-ring (bicyclic) bond motifs is 2. The van der Waals surface area contributed by atoms with Crippen molar-refractivity contribution in [1.29, 1.82) is 0 Å². The van der Waals surface area contributed by atoms with Gasteiger partial charge < -0.3 is 9.97 Å². The number of H-pyrrole nitrogens is 2. The number of benzene rings is 2. The van der Waals surface area contributed by atoms with E-state index < -0.39 is 5.92 Å². The number of carbonyl (C=O) groups is 1. The number of ketones is 1. The summed E-state index contributed by atoms with van der Waals surface area (Å²) in [4.78, 5) is 27.7. The molecule has 0 fully saturated rings. The highest BCUT2D eigenvalue weighted by Crippen LogP contribution is 2.25. The largest absolute Gasteiger partial charge is 0.341 e. The van der Waals surface area contributed by atoms with Crippen molar-refractivity contribution in [3.05, 3.63) is 60.2 Å². The molecule has 22 heavy (non-hydrogen) atoms. The molecule has 4 aromatic rings. The van der Waals surface area contributed by atoms with Gasteiger partial charge in [-0.3, -0.25) is 4.79 Å². The summed E-state index contributed by atoms with van der Waals surface area (Å²) in [6.45, 7) is 1.56. The number of Topliss-reactive ketones (excluding diaryl/α,β-unsaturated/α-hetero) is 1. The van der Waals surface area contributed by atoms with Crippen LogP contribution in [0, 0.1) is 0 Å². The van der Waals surface area contributed by atoms with Crippen LogP contribution >= 0.6 is 0 Å². The van der Waals surface area contributed by atoms with Crippen molar-refractivity contribution >= 4 is 27.9 Å². The van der Waals surface area contributed by atoms with Gasteiger partial charge in [-0.25, -0.2) is 9.97 Å². The molecular weight excluding hydrogens is 276 g/mol. The number of carbonyl (C=O) groups excluding carboxylic acids is 1. The van der Waals surface area contributed by atoms with Crippen LogP contribution in [0.5, 0.6) is 0 Å². The maximum atomic E-state index is 12.2. The Bertz CT molecular complexity index is 842. The van der Waals surface area contributed by atoms with E-state index in [1.807, 2.05) is 48.5 Å². The Morgan fingerprint density at radius 3 is 1.73 bits per heavy atom. The molecule has 2 heterocycles. The van der Waals surface area contributed by atoms with Crippen LogP contribution in [-0.2, 0) is 4.79 Å². The lowest BCUT2D eigenvalue weighted by molar-refractivity contribution is -0.117. The quantitative estimate of drug-likeness (QED) is 0.608. The molecule has 0 saturated carbocycles. The van der Waals surface area contributed by atoms with E-state index in [2.05, 4.69) is 19.9 Å². The summed E-state index contributed by atoms with van der Waals surface area (Å²) in [6.07, 6.45) is 0. The van der Waals surface area contributed by atoms with Gasteiger partial charge in [0, 0.05) is 0 Å². The first-order valence-corrected chi connectivity index (χ1v) is 7.12. The molecule has 2 aromatic carbocycles. The van der Waals surface area contributed by atoms with E-state index in [9.17, 15) is 4.79 Å². The smallest absolute Gasteiger partial charge is 0.148 e. The molecule has 0 radical (unpaired) electrons. The molecule has 2 N–H and O–H groups in total. The first kappa shape index (κ1) is 12.8. The highest BCUT2D eigenvalue weighted by atomic mass is 16.1. The zero-order valence-corrected chi connectivity index (χ0v) is 12.0. The van der Waals surface area contributed by atoms with Crippen LogP contribution in [0.1, 0.15) is 24.5 Å². The Morgan fingerprint density at radius 2 is 1.32 bits per heavy atom. The van der Waals surface area contributed by atoms with Gasteiger partial charge in [-0.1, -0.05) is 24.3 Å². The van der Waals surface area contributed by atoms with Crippen LogP contribution in [0.2, 0.25) is 0 Å². The van der Waals surface area contributed by atoms with E-state index >= 15 is 0 Å². The Labute approximate surface area is 126 Å². The second-order valence-electron chi connectivity index (χ2n) is 5.32. The molecule has 0 bridgehead atoms. The molecule has 2 aromatic heterocycles. The fourth-order valence-corrected chi connectivity index (χ4v) is 2.73. The average molecular weight is 290 g/mol. The maximum absolute atomic E-state index is 12.2.